The van der Waals surface area contributed by atoms with E-state index in [-0.39, 0.29) is 11.7 Å². The number of nitrogens with zero attached hydrogens (tertiary/aromatic N) is 2. The highest BCUT2D eigenvalue weighted by Crippen LogP contribution is 2.29. The molecule has 0 N–H and O–H groups in total. The molecule has 0 unspecified atom stereocenters. The van der Waals surface area contributed by atoms with Gasteiger partial charge in [-0.25, -0.2) is 9.37 Å². The minimum atomic E-state index is -0.285. The molecular formula is C17H19FN2OS. The van der Waals surface area contributed by atoms with Gasteiger partial charge in [-0.1, -0.05) is 12.2 Å². The van der Waals surface area contributed by atoms with Gasteiger partial charge in [0.05, 0.1) is 5.69 Å². The number of halogens is 1. The number of carbonyl (C=O) groups excluding carboxylic acids is 1. The first-order chi connectivity index (χ1) is 10.4. The number of thiazole rings is 1. The van der Waals surface area contributed by atoms with Crippen LogP contribution in [0.2, 0.25) is 0 Å². The summed E-state index contributed by atoms with van der Waals surface area (Å²) in [5.74, 6) is -0.319. The predicted molar refractivity (Wildman–Crippen MR) is 88.6 cm³/mol. The SMILES string of the molecule is C=C(C)CN(CC)C(=O)c1sc(-c2ccc(F)cc2)nc1C. The Morgan fingerprint density at radius 1 is 1.36 bits per heavy atom. The molecule has 0 aliphatic rings. The second-order valence-electron chi connectivity index (χ2n) is 5.22. The van der Waals surface area contributed by atoms with Crippen molar-refractivity contribution < 1.29 is 9.18 Å². The number of carbonyl (C=O) groups is 1. The zero-order valence-electron chi connectivity index (χ0n) is 13.0. The molecule has 22 heavy (non-hydrogen) atoms. The van der Waals surface area contributed by atoms with Crippen molar-refractivity contribution in [1.82, 2.24) is 9.88 Å². The first kappa shape index (κ1) is 16.4. The summed E-state index contributed by atoms with van der Waals surface area (Å²) in [7, 11) is 0. The molecule has 3 nitrogen and oxygen atoms in total. The normalized spacial score (nSPS) is 10.5. The van der Waals surface area contributed by atoms with E-state index >= 15 is 0 Å². The Kier molecular flexibility index (Phi) is 5.08. The van der Waals surface area contributed by atoms with Crippen molar-refractivity contribution >= 4 is 17.2 Å². The molecule has 0 radical (unpaired) electrons. The maximum atomic E-state index is 13.0. The summed E-state index contributed by atoms with van der Waals surface area (Å²) in [6.45, 7) is 10.7. The number of hydrogen-bond donors (Lipinski definition) is 0. The summed E-state index contributed by atoms with van der Waals surface area (Å²) in [6, 6.07) is 6.14. The van der Waals surface area contributed by atoms with Gasteiger partial charge >= 0.3 is 0 Å². The lowest BCUT2D eigenvalue weighted by Gasteiger charge is -2.20. The van der Waals surface area contributed by atoms with E-state index in [1.807, 2.05) is 20.8 Å². The molecule has 1 aromatic heterocycles. The summed E-state index contributed by atoms with van der Waals surface area (Å²) in [4.78, 5) is 19.5. The number of rotatable bonds is 5. The topological polar surface area (TPSA) is 33.2 Å². The molecule has 5 heteroatoms. The smallest absolute Gasteiger partial charge is 0.266 e. The largest absolute Gasteiger partial charge is 0.334 e. The van der Waals surface area contributed by atoms with Crippen LogP contribution in [0.5, 0.6) is 0 Å². The van der Waals surface area contributed by atoms with Crippen LogP contribution in [-0.2, 0) is 0 Å². The van der Waals surface area contributed by atoms with Gasteiger partial charge in [0.25, 0.3) is 5.91 Å². The Balaban J connectivity index is 2.31. The zero-order chi connectivity index (χ0) is 16.3. The molecule has 0 aliphatic heterocycles. The fourth-order valence-electron chi connectivity index (χ4n) is 2.11. The summed E-state index contributed by atoms with van der Waals surface area (Å²) >= 11 is 1.34. The molecule has 0 bridgehead atoms. The Morgan fingerprint density at radius 2 is 2.00 bits per heavy atom. The van der Waals surface area contributed by atoms with E-state index in [0.717, 1.165) is 16.1 Å². The summed E-state index contributed by atoms with van der Waals surface area (Å²) < 4.78 is 13.0. The third-order valence-electron chi connectivity index (χ3n) is 3.21. The summed E-state index contributed by atoms with van der Waals surface area (Å²) in [5, 5.41) is 0.729. The molecule has 116 valence electrons. The van der Waals surface area contributed by atoms with Crippen LogP contribution in [0.15, 0.2) is 36.4 Å². The van der Waals surface area contributed by atoms with Crippen LogP contribution in [-0.4, -0.2) is 28.9 Å². The van der Waals surface area contributed by atoms with Gasteiger partial charge in [0, 0.05) is 18.7 Å². The lowest BCUT2D eigenvalue weighted by atomic mass is 10.2. The van der Waals surface area contributed by atoms with Gasteiger partial charge < -0.3 is 4.90 Å². The van der Waals surface area contributed by atoms with Crippen molar-refractivity contribution in [3.63, 3.8) is 0 Å². The van der Waals surface area contributed by atoms with Gasteiger partial charge in [-0.2, -0.15) is 0 Å². The van der Waals surface area contributed by atoms with Crippen LogP contribution >= 0.6 is 11.3 Å². The minimum Gasteiger partial charge on any atom is -0.334 e. The maximum Gasteiger partial charge on any atom is 0.266 e. The lowest BCUT2D eigenvalue weighted by Crippen LogP contribution is -2.32. The lowest BCUT2D eigenvalue weighted by molar-refractivity contribution is 0.0782. The molecule has 0 fully saturated rings. The minimum absolute atomic E-state index is 0.0335. The Bertz CT molecular complexity index is 691. The fourth-order valence-corrected chi connectivity index (χ4v) is 3.15. The second-order valence-corrected chi connectivity index (χ2v) is 6.22. The summed E-state index contributed by atoms with van der Waals surface area (Å²) in [6.07, 6.45) is 0. The van der Waals surface area contributed by atoms with E-state index < -0.39 is 0 Å². The van der Waals surface area contributed by atoms with Crippen LogP contribution in [0.4, 0.5) is 4.39 Å². The Labute approximate surface area is 134 Å². The van der Waals surface area contributed by atoms with Crippen LogP contribution < -0.4 is 0 Å². The van der Waals surface area contributed by atoms with Crippen molar-refractivity contribution in [3.05, 3.63) is 52.8 Å². The summed E-state index contributed by atoms with van der Waals surface area (Å²) in [5.41, 5.74) is 2.46. The van der Waals surface area contributed by atoms with Gasteiger partial charge in [-0.05, 0) is 45.0 Å². The molecule has 0 saturated carbocycles. The number of aromatic nitrogens is 1. The number of hydrogen-bond acceptors (Lipinski definition) is 3. The van der Waals surface area contributed by atoms with Crippen molar-refractivity contribution in [2.45, 2.75) is 20.8 Å². The second kappa shape index (κ2) is 6.83. The van der Waals surface area contributed by atoms with Crippen LogP contribution in [0, 0.1) is 12.7 Å². The molecule has 2 aromatic rings. The van der Waals surface area contributed by atoms with Gasteiger partial charge in [-0.3, -0.25) is 4.79 Å². The van der Waals surface area contributed by atoms with Crippen LogP contribution in [0.3, 0.4) is 0 Å². The number of aryl methyl sites for hydroxylation is 1. The van der Waals surface area contributed by atoms with Gasteiger partial charge in [-0.15, -0.1) is 11.3 Å². The quantitative estimate of drug-likeness (QED) is 0.770. The van der Waals surface area contributed by atoms with Gasteiger partial charge in [0.1, 0.15) is 15.7 Å². The first-order valence-corrected chi connectivity index (χ1v) is 7.91. The van der Waals surface area contributed by atoms with E-state index in [2.05, 4.69) is 11.6 Å². The molecule has 0 spiro atoms. The monoisotopic (exact) mass is 318 g/mol. The van der Waals surface area contributed by atoms with Gasteiger partial charge in [0.15, 0.2) is 0 Å². The number of benzene rings is 1. The van der Waals surface area contributed by atoms with E-state index in [0.29, 0.717) is 23.7 Å². The Hall–Kier alpha value is -2.01. The molecular weight excluding hydrogens is 299 g/mol. The number of amides is 1. The van der Waals surface area contributed by atoms with Crippen molar-refractivity contribution in [2.75, 3.05) is 13.1 Å². The van der Waals surface area contributed by atoms with Crippen LogP contribution in [0.1, 0.15) is 29.2 Å². The average Bonchev–Trinajstić information content (AvgIpc) is 2.86. The first-order valence-electron chi connectivity index (χ1n) is 7.09. The van der Waals surface area contributed by atoms with E-state index in [1.165, 1.54) is 23.5 Å². The maximum absolute atomic E-state index is 13.0. The Morgan fingerprint density at radius 3 is 2.55 bits per heavy atom. The molecule has 1 amide bonds. The molecule has 2 rings (SSSR count). The molecule has 1 aromatic carbocycles. The van der Waals surface area contributed by atoms with Crippen molar-refractivity contribution in [1.29, 1.82) is 0 Å². The predicted octanol–water partition coefficient (Wildman–Crippen LogP) is 4.30. The highest BCUT2D eigenvalue weighted by molar-refractivity contribution is 7.17. The zero-order valence-corrected chi connectivity index (χ0v) is 13.8. The standard InChI is InChI=1S/C17H19FN2OS/c1-5-20(10-11(2)3)17(21)15-12(4)19-16(22-15)13-6-8-14(18)9-7-13/h6-9H,2,5,10H2,1,3-4H3. The molecule has 0 atom stereocenters. The fraction of sp³-hybridized carbons (Fsp3) is 0.294. The van der Waals surface area contributed by atoms with E-state index in [9.17, 15) is 9.18 Å². The molecule has 0 saturated heterocycles. The molecule has 0 aliphatic carbocycles. The van der Waals surface area contributed by atoms with E-state index in [4.69, 9.17) is 0 Å². The van der Waals surface area contributed by atoms with Crippen LogP contribution in [0.25, 0.3) is 10.6 Å². The third kappa shape index (κ3) is 3.60. The highest BCUT2D eigenvalue weighted by Gasteiger charge is 2.21. The van der Waals surface area contributed by atoms with Crippen molar-refractivity contribution in [2.24, 2.45) is 0 Å². The molecule has 1 heterocycles. The third-order valence-corrected chi connectivity index (χ3v) is 4.41. The van der Waals surface area contributed by atoms with Gasteiger partial charge in [0.2, 0.25) is 0 Å². The number of likely N-dealkylation sites (N-methyl/N-ethyl adjacent to an activating group) is 1. The highest BCUT2D eigenvalue weighted by atomic mass is 32.1. The van der Waals surface area contributed by atoms with E-state index in [1.54, 1.807) is 17.0 Å². The van der Waals surface area contributed by atoms with Crippen molar-refractivity contribution in [3.8, 4) is 10.6 Å². The average molecular weight is 318 g/mol.